The maximum Gasteiger partial charge on any atom is 0.173 e. The third-order valence-corrected chi connectivity index (χ3v) is 3.21. The number of hydrogen-bond acceptors (Lipinski definition) is 4. The van der Waals surface area contributed by atoms with Gasteiger partial charge in [0.15, 0.2) is 18.9 Å². The van der Waals surface area contributed by atoms with Crippen molar-refractivity contribution in [1.29, 1.82) is 0 Å². The van der Waals surface area contributed by atoms with Crippen LogP contribution in [0.15, 0.2) is 85.2 Å². The fraction of sp³-hybridized carbons (Fsp3) is 0.0556. The minimum Gasteiger partial charge on any atom is -0.201 e. The Morgan fingerprint density at radius 2 is 1.12 bits per heavy atom. The molecule has 3 aromatic rings. The van der Waals surface area contributed by atoms with Crippen molar-refractivity contribution in [1.82, 2.24) is 0 Å². The van der Waals surface area contributed by atoms with Crippen molar-refractivity contribution >= 4 is 0 Å². The number of benzene rings is 2. The molecule has 0 saturated heterocycles. The minimum absolute atomic E-state index is 0.913. The quantitative estimate of drug-likeness (QED) is 0.612. The zero-order valence-corrected chi connectivity index (χ0v) is 13.6. The first-order chi connectivity index (χ1) is 11.4. The zero-order chi connectivity index (χ0) is 17.4. The number of pyridine rings is 1. The van der Waals surface area contributed by atoms with Crippen molar-refractivity contribution in [2.45, 2.75) is 6.54 Å². The fourth-order valence-corrected chi connectivity index (χ4v) is 2.18. The van der Waals surface area contributed by atoms with Crippen LogP contribution in [0.3, 0.4) is 0 Å². The second kappa shape index (κ2) is 8.54. The molecule has 2 aromatic carbocycles. The molecule has 0 fully saturated rings. The molecule has 0 bridgehead atoms. The average molecular weight is 349 g/mol. The molecule has 0 aliphatic heterocycles. The Hall–Kier alpha value is -2.28. The van der Waals surface area contributed by atoms with E-state index in [0.29, 0.717) is 0 Å². The molecule has 0 atom stereocenters. The predicted molar refractivity (Wildman–Crippen MR) is 84.3 cm³/mol. The van der Waals surface area contributed by atoms with Crippen molar-refractivity contribution < 1.29 is 33.4 Å². The van der Waals surface area contributed by atoms with E-state index < -0.39 is 10.2 Å². The van der Waals surface area contributed by atoms with Gasteiger partial charge in [-0.1, -0.05) is 60.7 Å². The van der Waals surface area contributed by atoms with Crippen LogP contribution in [0.5, 0.6) is 0 Å². The topological polar surface area (TPSA) is 87.6 Å². The van der Waals surface area contributed by atoms with Gasteiger partial charge in [0.25, 0.3) is 0 Å². The molecule has 3 rings (SSSR count). The first-order valence-electron chi connectivity index (χ1n) is 7.16. The van der Waals surface area contributed by atoms with E-state index >= 15 is 0 Å². The maximum atomic E-state index is 8.83. The van der Waals surface area contributed by atoms with Gasteiger partial charge in [-0.2, -0.15) is 0 Å². The van der Waals surface area contributed by atoms with Crippen LogP contribution in [0.1, 0.15) is 5.56 Å². The zero-order valence-electron chi connectivity index (χ0n) is 12.9. The van der Waals surface area contributed by atoms with Crippen molar-refractivity contribution in [3.63, 3.8) is 0 Å². The molecule has 0 saturated carbocycles. The van der Waals surface area contributed by atoms with Gasteiger partial charge in [-0.3, -0.25) is 0 Å². The van der Waals surface area contributed by atoms with Crippen LogP contribution in [-0.2, 0) is 6.54 Å². The number of halogens is 1. The van der Waals surface area contributed by atoms with Gasteiger partial charge >= 0.3 is 28.9 Å². The van der Waals surface area contributed by atoms with Crippen LogP contribution in [0.2, 0.25) is 0 Å². The van der Waals surface area contributed by atoms with Gasteiger partial charge in [0.2, 0.25) is 0 Å². The Balaban J connectivity index is 0.000000368. The summed E-state index contributed by atoms with van der Waals surface area (Å²) >= 11 is 0. The van der Waals surface area contributed by atoms with E-state index in [1.54, 1.807) is 0 Å². The summed E-state index contributed by atoms with van der Waals surface area (Å²) < 4.78 is 32.4. The Labute approximate surface area is 142 Å². The van der Waals surface area contributed by atoms with Gasteiger partial charge in [-0.25, -0.2) is 4.57 Å². The summed E-state index contributed by atoms with van der Waals surface area (Å²) in [4.78, 5) is 0. The molecule has 0 aliphatic carbocycles. The third-order valence-electron chi connectivity index (χ3n) is 3.21. The normalized spacial score (nSPS) is 11.3. The summed E-state index contributed by atoms with van der Waals surface area (Å²) in [5, 5.41) is 0. The summed E-state index contributed by atoms with van der Waals surface area (Å²) in [6.45, 7) is 0.913. The fourth-order valence-electron chi connectivity index (χ4n) is 2.18. The van der Waals surface area contributed by atoms with Crippen LogP contribution in [0.25, 0.3) is 11.1 Å². The Morgan fingerprint density at radius 3 is 1.62 bits per heavy atom. The van der Waals surface area contributed by atoms with Gasteiger partial charge in [0.1, 0.15) is 0 Å². The van der Waals surface area contributed by atoms with Gasteiger partial charge in [0.05, 0.1) is 0 Å². The standard InChI is InChI=1S/C18H16N.ClH3O4/c1-3-7-16(8-4-1)15-19-13-11-18(12-14-19)17-9-5-2-6-10-17;2-1(3,4)5/h1-14H,15H2;2-4H/q+1;. The second-order valence-corrected chi connectivity index (χ2v) is 5.91. The van der Waals surface area contributed by atoms with Gasteiger partial charge in [0, 0.05) is 17.7 Å². The molecular formula is C18H19ClNO4+. The van der Waals surface area contributed by atoms with Crippen LogP contribution >= 0.6 is 0 Å². The van der Waals surface area contributed by atoms with Crippen molar-refractivity contribution in [3.8, 4) is 11.1 Å². The smallest absolute Gasteiger partial charge is 0.173 e. The van der Waals surface area contributed by atoms with E-state index in [1.807, 2.05) is 12.1 Å². The molecule has 126 valence electrons. The van der Waals surface area contributed by atoms with Gasteiger partial charge in [-0.05, 0) is 11.1 Å². The Morgan fingerprint density at radius 1 is 0.708 bits per heavy atom. The molecule has 0 amide bonds. The van der Waals surface area contributed by atoms with E-state index in [1.165, 1.54) is 16.7 Å². The molecule has 1 heterocycles. The second-order valence-electron chi connectivity index (χ2n) is 5.04. The number of aromatic nitrogens is 1. The Bertz CT molecular complexity index is 722. The van der Waals surface area contributed by atoms with Crippen LogP contribution < -0.4 is 9.23 Å². The number of rotatable bonds is 3. The minimum atomic E-state index is -4.19. The summed E-state index contributed by atoms with van der Waals surface area (Å²) in [6, 6.07) is 25.3. The summed E-state index contributed by atoms with van der Waals surface area (Å²) in [6.07, 6.45) is 4.27. The van der Waals surface area contributed by atoms with Crippen LogP contribution in [0.4, 0.5) is 0 Å². The molecule has 3 N–H and O–H groups in total. The van der Waals surface area contributed by atoms with Crippen molar-refractivity contribution in [2.75, 3.05) is 0 Å². The van der Waals surface area contributed by atoms with Gasteiger partial charge in [-0.15, -0.1) is 0 Å². The molecule has 0 unspecified atom stereocenters. The largest absolute Gasteiger partial charge is 0.201 e. The molecule has 0 spiro atoms. The molecular weight excluding hydrogens is 330 g/mol. The van der Waals surface area contributed by atoms with E-state index in [-0.39, 0.29) is 0 Å². The van der Waals surface area contributed by atoms with Crippen molar-refractivity contribution in [2.24, 2.45) is 0 Å². The maximum absolute atomic E-state index is 8.83. The average Bonchev–Trinajstić information content (AvgIpc) is 2.56. The van der Waals surface area contributed by atoms with Gasteiger partial charge < -0.3 is 0 Å². The van der Waals surface area contributed by atoms with Crippen molar-refractivity contribution in [3.05, 3.63) is 90.8 Å². The number of hydrogen-bond donors (Lipinski definition) is 3. The molecule has 5 nitrogen and oxygen atoms in total. The SMILES string of the molecule is [O-][Cl+](O)(O)O.c1ccc(C[n+]2ccc(-c3ccccc3)cc2)cc1. The summed E-state index contributed by atoms with van der Waals surface area (Å²) in [7, 11) is -4.19. The predicted octanol–water partition coefficient (Wildman–Crippen LogP) is 0.829. The van der Waals surface area contributed by atoms with E-state index in [4.69, 9.17) is 18.6 Å². The molecule has 6 heteroatoms. The Kier molecular flexibility index (Phi) is 6.43. The monoisotopic (exact) mass is 348 g/mol. The summed E-state index contributed by atoms with van der Waals surface area (Å²) in [5.41, 5.74) is 3.83. The summed E-state index contributed by atoms with van der Waals surface area (Å²) in [5.74, 6) is 0. The van der Waals surface area contributed by atoms with E-state index in [0.717, 1.165) is 6.54 Å². The molecule has 24 heavy (non-hydrogen) atoms. The molecule has 1 aromatic heterocycles. The van der Waals surface area contributed by atoms with Crippen LogP contribution in [0, 0.1) is 10.2 Å². The number of nitrogens with zero attached hydrogens (tertiary/aromatic N) is 1. The first kappa shape index (κ1) is 18.1. The van der Waals surface area contributed by atoms with E-state index in [2.05, 4.69) is 77.6 Å². The molecule has 0 radical (unpaired) electrons. The molecule has 0 aliphatic rings. The van der Waals surface area contributed by atoms with E-state index in [9.17, 15) is 0 Å². The van der Waals surface area contributed by atoms with Crippen LogP contribution in [-0.4, -0.2) is 14.0 Å². The first-order valence-corrected chi connectivity index (χ1v) is 8.49. The third kappa shape index (κ3) is 6.87.